The van der Waals surface area contributed by atoms with Crippen LogP contribution in [-0.4, -0.2) is 16.3 Å². The number of aryl methyl sites for hydroxylation is 1. The third-order valence-corrected chi connectivity index (χ3v) is 5.00. The zero-order valence-corrected chi connectivity index (χ0v) is 11.6. The topological polar surface area (TPSA) is 56.0 Å². The van der Waals surface area contributed by atoms with Crippen LogP contribution >= 0.6 is 0 Å². The maximum Gasteiger partial charge on any atom is 0.145 e. The van der Waals surface area contributed by atoms with E-state index >= 15 is 0 Å². The fourth-order valence-electron chi connectivity index (χ4n) is 3.97. The second-order valence-corrected chi connectivity index (χ2v) is 6.54. The predicted molar refractivity (Wildman–Crippen MR) is 74.7 cm³/mol. The summed E-state index contributed by atoms with van der Waals surface area (Å²) in [6.07, 6.45) is 6.57. The van der Waals surface area contributed by atoms with Crippen molar-refractivity contribution in [3.63, 3.8) is 0 Å². The van der Waals surface area contributed by atoms with Crippen LogP contribution in [0.25, 0.3) is 0 Å². The zero-order valence-electron chi connectivity index (χ0n) is 11.6. The minimum Gasteiger partial charge on any atom is -0.325 e. The molecule has 2 unspecified atom stereocenters. The van der Waals surface area contributed by atoms with Gasteiger partial charge in [0.15, 0.2) is 0 Å². The smallest absolute Gasteiger partial charge is 0.145 e. The molecule has 2 saturated carbocycles. The van der Waals surface area contributed by atoms with Crippen molar-refractivity contribution in [2.45, 2.75) is 57.4 Å². The van der Waals surface area contributed by atoms with Crippen LogP contribution in [0.3, 0.4) is 0 Å². The predicted octanol–water partition coefficient (Wildman–Crippen LogP) is 2.55. The molecule has 3 nitrogen and oxygen atoms in total. The fourth-order valence-corrected chi connectivity index (χ4v) is 3.97. The van der Waals surface area contributed by atoms with E-state index < -0.39 is 0 Å². The van der Waals surface area contributed by atoms with Gasteiger partial charge < -0.3 is 5.73 Å². The average Bonchev–Trinajstić information content (AvgIpc) is 2.61. The first-order valence-corrected chi connectivity index (χ1v) is 7.26. The van der Waals surface area contributed by atoms with E-state index in [-0.39, 0.29) is 11.0 Å². The maximum absolute atomic E-state index is 12.7. The number of Topliss-reactive ketones (excluding diaryl/α,β-unsaturated/α-hetero) is 1. The van der Waals surface area contributed by atoms with Crippen molar-refractivity contribution in [3.8, 4) is 0 Å². The van der Waals surface area contributed by atoms with Crippen molar-refractivity contribution in [1.29, 1.82) is 0 Å². The number of ketones is 1. The van der Waals surface area contributed by atoms with Gasteiger partial charge in [0.1, 0.15) is 5.78 Å². The lowest BCUT2D eigenvalue weighted by Gasteiger charge is -2.36. The first-order chi connectivity index (χ1) is 9.01. The fraction of sp³-hybridized carbons (Fsp3) is 0.625. The summed E-state index contributed by atoms with van der Waals surface area (Å²) in [5, 5.41) is 0. The lowest BCUT2D eigenvalue weighted by atomic mass is 9.70. The summed E-state index contributed by atoms with van der Waals surface area (Å²) in [7, 11) is 0. The van der Waals surface area contributed by atoms with E-state index in [9.17, 15) is 4.79 Å². The molecule has 2 fully saturated rings. The van der Waals surface area contributed by atoms with Crippen LogP contribution in [0.5, 0.6) is 0 Å². The molecule has 0 aliphatic heterocycles. The van der Waals surface area contributed by atoms with Gasteiger partial charge in [0.25, 0.3) is 0 Å². The Morgan fingerprint density at radius 1 is 1.32 bits per heavy atom. The average molecular weight is 258 g/mol. The Morgan fingerprint density at radius 2 is 2.16 bits per heavy atom. The van der Waals surface area contributed by atoms with Crippen LogP contribution in [0.4, 0.5) is 0 Å². The minimum absolute atomic E-state index is 0.0616. The third-order valence-electron chi connectivity index (χ3n) is 5.00. The number of hydrogen-bond donors (Lipinski definition) is 1. The Kier molecular flexibility index (Phi) is 2.97. The molecule has 2 aliphatic rings. The molecular weight excluding hydrogens is 236 g/mol. The van der Waals surface area contributed by atoms with Crippen molar-refractivity contribution in [1.82, 2.24) is 4.98 Å². The Balaban J connectivity index is 1.77. The Bertz CT molecular complexity index is 513. The summed E-state index contributed by atoms with van der Waals surface area (Å²) in [6, 6.07) is 5.90. The highest BCUT2D eigenvalue weighted by Gasteiger charge is 2.52. The van der Waals surface area contributed by atoms with Gasteiger partial charge in [-0.25, -0.2) is 0 Å². The summed E-state index contributed by atoms with van der Waals surface area (Å²) >= 11 is 0. The van der Waals surface area contributed by atoms with E-state index in [2.05, 4.69) is 4.98 Å². The van der Waals surface area contributed by atoms with E-state index in [1.807, 2.05) is 25.1 Å². The molecule has 19 heavy (non-hydrogen) atoms. The molecule has 0 saturated heterocycles. The van der Waals surface area contributed by atoms with Gasteiger partial charge >= 0.3 is 0 Å². The van der Waals surface area contributed by atoms with Crippen LogP contribution in [0.2, 0.25) is 0 Å². The molecule has 1 aromatic rings. The van der Waals surface area contributed by atoms with E-state index in [1.165, 1.54) is 0 Å². The van der Waals surface area contributed by atoms with Gasteiger partial charge in [-0.05, 0) is 51.2 Å². The maximum atomic E-state index is 12.7. The van der Waals surface area contributed by atoms with Crippen LogP contribution < -0.4 is 5.73 Å². The molecule has 1 aromatic heterocycles. The second kappa shape index (κ2) is 4.41. The molecule has 2 aliphatic carbocycles. The number of fused-ring (bicyclic) bond motifs is 2. The van der Waals surface area contributed by atoms with Gasteiger partial charge in [0, 0.05) is 28.8 Å². The molecular formula is C16H22N2O. The van der Waals surface area contributed by atoms with Gasteiger partial charge in [-0.15, -0.1) is 0 Å². The Hall–Kier alpha value is -1.22. The van der Waals surface area contributed by atoms with Crippen molar-refractivity contribution in [3.05, 3.63) is 29.6 Å². The molecule has 1 heterocycles. The largest absolute Gasteiger partial charge is 0.325 e. The normalized spacial score (nSPS) is 33.4. The molecule has 3 heteroatoms. The molecule has 2 N–H and O–H groups in total. The van der Waals surface area contributed by atoms with Crippen molar-refractivity contribution in [2.75, 3.05) is 0 Å². The summed E-state index contributed by atoms with van der Waals surface area (Å²) in [6.45, 7) is 1.97. The molecule has 102 valence electrons. The standard InChI is InChI=1S/C16H22N2O/c1-12-4-2-5-13(18-12)10-14(19)15-6-3-7-16(17,11-15)9-8-15/h2,4-5H,3,6-11,17H2,1H3. The lowest BCUT2D eigenvalue weighted by molar-refractivity contribution is -0.129. The molecule has 0 amide bonds. The van der Waals surface area contributed by atoms with Gasteiger partial charge in [0.05, 0.1) is 0 Å². The molecule has 2 bridgehead atoms. The van der Waals surface area contributed by atoms with Gasteiger partial charge in [-0.3, -0.25) is 9.78 Å². The third kappa shape index (κ3) is 2.32. The molecule has 2 atom stereocenters. The number of hydrogen-bond acceptors (Lipinski definition) is 3. The Labute approximate surface area is 114 Å². The van der Waals surface area contributed by atoms with Crippen molar-refractivity contribution in [2.24, 2.45) is 11.1 Å². The first kappa shape index (κ1) is 12.8. The number of carbonyl (C=O) groups excluding carboxylic acids is 1. The highest BCUT2D eigenvalue weighted by Crippen LogP contribution is 2.53. The van der Waals surface area contributed by atoms with E-state index in [0.29, 0.717) is 12.2 Å². The van der Waals surface area contributed by atoms with Crippen molar-refractivity contribution < 1.29 is 4.79 Å². The highest BCUT2D eigenvalue weighted by molar-refractivity contribution is 5.87. The first-order valence-electron chi connectivity index (χ1n) is 7.26. The van der Waals surface area contributed by atoms with E-state index in [1.54, 1.807) is 0 Å². The number of nitrogens with two attached hydrogens (primary N) is 1. The number of rotatable bonds is 3. The zero-order chi connectivity index (χ0) is 13.5. The van der Waals surface area contributed by atoms with Crippen LogP contribution in [-0.2, 0) is 11.2 Å². The quantitative estimate of drug-likeness (QED) is 0.906. The molecule has 3 rings (SSSR count). The minimum atomic E-state index is -0.140. The van der Waals surface area contributed by atoms with Crippen LogP contribution in [0.15, 0.2) is 18.2 Å². The number of carbonyl (C=O) groups is 1. The van der Waals surface area contributed by atoms with Crippen LogP contribution in [0.1, 0.15) is 49.9 Å². The number of pyridine rings is 1. The number of aromatic nitrogens is 1. The monoisotopic (exact) mass is 258 g/mol. The Morgan fingerprint density at radius 3 is 2.95 bits per heavy atom. The van der Waals surface area contributed by atoms with E-state index in [4.69, 9.17) is 5.73 Å². The highest BCUT2D eigenvalue weighted by atomic mass is 16.1. The summed E-state index contributed by atoms with van der Waals surface area (Å²) in [5.41, 5.74) is 8.05. The lowest BCUT2D eigenvalue weighted by Crippen LogP contribution is -2.43. The molecule has 0 aromatic carbocycles. The van der Waals surface area contributed by atoms with Gasteiger partial charge in [-0.1, -0.05) is 12.5 Å². The summed E-state index contributed by atoms with van der Waals surface area (Å²) < 4.78 is 0. The molecule has 0 spiro atoms. The van der Waals surface area contributed by atoms with Gasteiger partial charge in [0.2, 0.25) is 0 Å². The SMILES string of the molecule is Cc1cccc(CC(=O)C23CCCC(N)(CC2)C3)n1. The van der Waals surface area contributed by atoms with E-state index in [0.717, 1.165) is 49.9 Å². The number of nitrogens with zero attached hydrogens (tertiary/aromatic N) is 1. The van der Waals surface area contributed by atoms with Crippen LogP contribution in [0, 0.1) is 12.3 Å². The van der Waals surface area contributed by atoms with Gasteiger partial charge in [-0.2, -0.15) is 0 Å². The van der Waals surface area contributed by atoms with Crippen molar-refractivity contribution >= 4 is 5.78 Å². The summed E-state index contributed by atoms with van der Waals surface area (Å²) in [4.78, 5) is 17.2. The summed E-state index contributed by atoms with van der Waals surface area (Å²) in [5.74, 6) is 0.359. The molecule has 0 radical (unpaired) electrons. The second-order valence-electron chi connectivity index (χ2n) is 6.54.